The third-order valence-corrected chi connectivity index (χ3v) is 3.74. The summed E-state index contributed by atoms with van der Waals surface area (Å²) < 4.78 is 18.7. The molecule has 1 atom stereocenters. The molecule has 0 saturated carbocycles. The molecule has 5 heteroatoms. The number of aromatic nitrogens is 2. The van der Waals surface area contributed by atoms with Gasteiger partial charge in [0.1, 0.15) is 5.82 Å². The first-order chi connectivity index (χ1) is 10.3. The van der Waals surface area contributed by atoms with Crippen LogP contribution in [0.3, 0.4) is 0 Å². The number of hydrogen-bond acceptors (Lipinski definition) is 4. The van der Waals surface area contributed by atoms with Gasteiger partial charge in [-0.2, -0.15) is 0 Å². The predicted molar refractivity (Wildman–Crippen MR) is 78.7 cm³/mol. The number of nitrogens with zero attached hydrogens (tertiary/aromatic N) is 3. The van der Waals surface area contributed by atoms with E-state index in [9.17, 15) is 4.39 Å². The molecule has 3 rings (SSSR count). The molecule has 0 N–H and O–H groups in total. The molecule has 21 heavy (non-hydrogen) atoms. The van der Waals surface area contributed by atoms with Crippen molar-refractivity contribution in [2.45, 2.75) is 18.9 Å². The lowest BCUT2D eigenvalue weighted by molar-refractivity contribution is 0.0916. The average Bonchev–Trinajstić information content (AvgIpc) is 2.55. The number of aryl methyl sites for hydroxylation is 1. The highest BCUT2D eigenvalue weighted by molar-refractivity contribution is 5.47. The highest BCUT2D eigenvalue weighted by Gasteiger charge is 2.23. The van der Waals surface area contributed by atoms with E-state index < -0.39 is 0 Å². The van der Waals surface area contributed by atoms with Crippen molar-refractivity contribution in [1.82, 2.24) is 9.97 Å². The molecule has 2 heterocycles. The molecule has 1 aliphatic heterocycles. The second-order valence-electron chi connectivity index (χ2n) is 5.13. The zero-order valence-electron chi connectivity index (χ0n) is 11.8. The summed E-state index contributed by atoms with van der Waals surface area (Å²) in [6, 6.07) is 6.95. The zero-order valence-corrected chi connectivity index (χ0v) is 11.8. The minimum atomic E-state index is -0.205. The number of rotatable bonds is 4. The van der Waals surface area contributed by atoms with Crippen LogP contribution >= 0.6 is 0 Å². The fourth-order valence-electron chi connectivity index (χ4n) is 2.64. The molecular weight excluding hydrogens is 269 g/mol. The van der Waals surface area contributed by atoms with Crippen LogP contribution in [0.5, 0.6) is 0 Å². The number of morpholine rings is 1. The van der Waals surface area contributed by atoms with E-state index in [0.717, 1.165) is 30.8 Å². The Hall–Kier alpha value is -2.01. The Morgan fingerprint density at radius 2 is 2.10 bits per heavy atom. The number of hydrogen-bond donors (Lipinski definition) is 0. The van der Waals surface area contributed by atoms with Crippen LogP contribution < -0.4 is 4.90 Å². The lowest BCUT2D eigenvalue weighted by Crippen LogP contribution is -2.45. The Kier molecular flexibility index (Phi) is 4.40. The second-order valence-corrected chi connectivity index (χ2v) is 5.13. The molecule has 0 amide bonds. The first-order valence-corrected chi connectivity index (χ1v) is 7.18. The van der Waals surface area contributed by atoms with Crippen molar-refractivity contribution < 1.29 is 9.13 Å². The van der Waals surface area contributed by atoms with Gasteiger partial charge in [0.2, 0.25) is 0 Å². The van der Waals surface area contributed by atoms with Crippen LogP contribution in [0.15, 0.2) is 42.9 Å². The Morgan fingerprint density at radius 1 is 1.24 bits per heavy atom. The van der Waals surface area contributed by atoms with Gasteiger partial charge < -0.3 is 9.64 Å². The van der Waals surface area contributed by atoms with E-state index in [0.29, 0.717) is 13.2 Å². The van der Waals surface area contributed by atoms with Crippen LogP contribution in [-0.2, 0) is 11.2 Å². The van der Waals surface area contributed by atoms with Gasteiger partial charge in [-0.15, -0.1) is 0 Å². The van der Waals surface area contributed by atoms with Crippen molar-refractivity contribution in [1.29, 1.82) is 0 Å². The fraction of sp³-hybridized carbons (Fsp3) is 0.375. The Labute approximate surface area is 123 Å². The van der Waals surface area contributed by atoms with Crippen molar-refractivity contribution in [2.75, 3.05) is 24.7 Å². The summed E-state index contributed by atoms with van der Waals surface area (Å²) in [7, 11) is 0. The lowest BCUT2D eigenvalue weighted by Gasteiger charge is -2.37. The summed E-state index contributed by atoms with van der Waals surface area (Å²) in [6.45, 7) is 2.23. The van der Waals surface area contributed by atoms with E-state index in [-0.39, 0.29) is 11.9 Å². The van der Waals surface area contributed by atoms with Crippen molar-refractivity contribution in [3.8, 4) is 0 Å². The fourth-order valence-corrected chi connectivity index (χ4v) is 2.64. The molecule has 1 saturated heterocycles. The molecule has 2 aromatic rings. The van der Waals surface area contributed by atoms with E-state index in [1.54, 1.807) is 18.6 Å². The van der Waals surface area contributed by atoms with E-state index in [4.69, 9.17) is 4.74 Å². The summed E-state index contributed by atoms with van der Waals surface area (Å²) in [5.74, 6) is -0.205. The van der Waals surface area contributed by atoms with Crippen LogP contribution in [0.4, 0.5) is 10.1 Å². The Morgan fingerprint density at radius 3 is 2.86 bits per heavy atom. The number of ether oxygens (including phenoxy) is 1. The standard InChI is InChI=1S/C16H18FN3O/c17-13-1-4-15(5-2-13)20-9-10-21-12-16(20)6-3-14-11-18-7-8-19-14/h1-2,4-5,7-8,11,16H,3,6,9-10,12H2/t16-/m0/s1. The molecular formula is C16H18FN3O. The monoisotopic (exact) mass is 287 g/mol. The number of anilines is 1. The number of halogens is 1. The van der Waals surface area contributed by atoms with Gasteiger partial charge in [-0.25, -0.2) is 4.39 Å². The van der Waals surface area contributed by atoms with Gasteiger partial charge in [-0.3, -0.25) is 9.97 Å². The molecule has 0 unspecified atom stereocenters. The van der Waals surface area contributed by atoms with Gasteiger partial charge in [0.25, 0.3) is 0 Å². The van der Waals surface area contributed by atoms with Crippen LogP contribution in [-0.4, -0.2) is 35.8 Å². The van der Waals surface area contributed by atoms with Crippen LogP contribution in [0.25, 0.3) is 0 Å². The maximum atomic E-state index is 13.1. The molecule has 1 fully saturated rings. The second kappa shape index (κ2) is 6.63. The van der Waals surface area contributed by atoms with Gasteiger partial charge in [0.05, 0.1) is 24.9 Å². The van der Waals surface area contributed by atoms with E-state index >= 15 is 0 Å². The third-order valence-electron chi connectivity index (χ3n) is 3.74. The smallest absolute Gasteiger partial charge is 0.123 e. The quantitative estimate of drug-likeness (QED) is 0.866. The molecule has 0 radical (unpaired) electrons. The van der Waals surface area contributed by atoms with Crippen LogP contribution in [0.2, 0.25) is 0 Å². The van der Waals surface area contributed by atoms with E-state index in [1.807, 2.05) is 12.1 Å². The van der Waals surface area contributed by atoms with Gasteiger partial charge in [0.15, 0.2) is 0 Å². The normalized spacial score (nSPS) is 18.7. The molecule has 1 aromatic carbocycles. The van der Waals surface area contributed by atoms with Gasteiger partial charge in [0, 0.05) is 30.8 Å². The maximum absolute atomic E-state index is 13.1. The molecule has 110 valence electrons. The van der Waals surface area contributed by atoms with E-state index in [2.05, 4.69) is 14.9 Å². The molecule has 1 aromatic heterocycles. The summed E-state index contributed by atoms with van der Waals surface area (Å²) in [5, 5.41) is 0. The molecule has 0 spiro atoms. The molecule has 0 aliphatic carbocycles. The predicted octanol–water partition coefficient (Wildman–Crippen LogP) is 2.45. The minimum Gasteiger partial charge on any atom is -0.377 e. The molecule has 0 bridgehead atoms. The number of benzene rings is 1. The first-order valence-electron chi connectivity index (χ1n) is 7.18. The van der Waals surface area contributed by atoms with Gasteiger partial charge >= 0.3 is 0 Å². The Bertz CT molecular complexity index is 561. The SMILES string of the molecule is Fc1ccc(N2CCOC[C@@H]2CCc2cnccn2)cc1. The topological polar surface area (TPSA) is 38.2 Å². The highest BCUT2D eigenvalue weighted by atomic mass is 19.1. The largest absolute Gasteiger partial charge is 0.377 e. The first kappa shape index (κ1) is 13.9. The summed E-state index contributed by atoms with van der Waals surface area (Å²) in [4.78, 5) is 10.7. The maximum Gasteiger partial charge on any atom is 0.123 e. The summed E-state index contributed by atoms with van der Waals surface area (Å²) in [6.07, 6.45) is 6.99. The van der Waals surface area contributed by atoms with Gasteiger partial charge in [-0.1, -0.05) is 0 Å². The lowest BCUT2D eigenvalue weighted by atomic mass is 10.1. The Balaban J connectivity index is 1.68. The van der Waals surface area contributed by atoms with Crippen LogP contribution in [0, 0.1) is 5.82 Å². The summed E-state index contributed by atoms with van der Waals surface area (Å²) in [5.41, 5.74) is 2.03. The van der Waals surface area contributed by atoms with Crippen LogP contribution in [0.1, 0.15) is 12.1 Å². The van der Waals surface area contributed by atoms with Gasteiger partial charge in [-0.05, 0) is 37.1 Å². The average molecular weight is 287 g/mol. The van der Waals surface area contributed by atoms with Crippen molar-refractivity contribution in [3.05, 3.63) is 54.4 Å². The molecule has 4 nitrogen and oxygen atoms in total. The molecule has 1 aliphatic rings. The minimum absolute atomic E-state index is 0.205. The van der Waals surface area contributed by atoms with Crippen molar-refractivity contribution in [3.63, 3.8) is 0 Å². The van der Waals surface area contributed by atoms with Crippen molar-refractivity contribution >= 4 is 5.69 Å². The highest BCUT2D eigenvalue weighted by Crippen LogP contribution is 2.22. The summed E-state index contributed by atoms with van der Waals surface area (Å²) >= 11 is 0. The van der Waals surface area contributed by atoms with E-state index in [1.165, 1.54) is 12.1 Å². The third kappa shape index (κ3) is 3.55. The van der Waals surface area contributed by atoms with Crippen molar-refractivity contribution in [2.24, 2.45) is 0 Å². The zero-order chi connectivity index (χ0) is 14.5.